The van der Waals surface area contributed by atoms with Crippen molar-refractivity contribution < 1.29 is 5.11 Å². The standard InChI is InChI=1S/C20H18N4O/c25-20-18-7-5-16(23-18)10-14-3-1-12(21-14)9-13-2-4-15(22-13)11-17-6-8-19(20)24-17/h1,3,6,8-11,21,24-25H,2,4-5,7H2. The number of hydrogen-bond donors (Lipinski definition) is 3. The Bertz CT molecular complexity index is 1120. The van der Waals surface area contributed by atoms with Crippen LogP contribution in [0.2, 0.25) is 0 Å². The number of H-pyrrole nitrogens is 2. The van der Waals surface area contributed by atoms with Crippen LogP contribution >= 0.6 is 0 Å². The molecule has 0 spiro atoms. The molecule has 0 amide bonds. The number of aryl methyl sites for hydroxylation is 4. The van der Waals surface area contributed by atoms with Gasteiger partial charge in [-0.25, -0.2) is 0 Å². The molecule has 3 N–H and O–H groups in total. The molecule has 0 aromatic carbocycles. The van der Waals surface area contributed by atoms with E-state index in [2.05, 4.69) is 33.2 Å². The molecule has 124 valence electrons. The molecule has 0 fully saturated rings. The van der Waals surface area contributed by atoms with E-state index >= 15 is 0 Å². The number of nitrogens with one attached hydrogen (secondary N) is 2. The lowest BCUT2D eigenvalue weighted by Gasteiger charge is -1.92. The largest absolute Gasteiger partial charge is 0.504 e. The maximum Gasteiger partial charge on any atom is 0.160 e. The van der Waals surface area contributed by atoms with Crippen LogP contribution in [0.5, 0.6) is 5.75 Å². The van der Waals surface area contributed by atoms with Crippen molar-refractivity contribution in [3.05, 3.63) is 65.2 Å². The van der Waals surface area contributed by atoms with Crippen LogP contribution in [-0.4, -0.2) is 25.0 Å². The molecular formula is C20H18N4O. The maximum atomic E-state index is 10.6. The fourth-order valence-electron chi connectivity index (χ4n) is 3.49. The number of fused-ring (bicyclic) bond motifs is 8. The lowest BCUT2D eigenvalue weighted by atomic mass is 10.2. The first-order valence-electron chi connectivity index (χ1n) is 8.59. The van der Waals surface area contributed by atoms with Gasteiger partial charge in [-0.1, -0.05) is 0 Å². The summed E-state index contributed by atoms with van der Waals surface area (Å²) < 4.78 is 0. The third-order valence-electron chi connectivity index (χ3n) is 4.76. The molecule has 5 heterocycles. The minimum Gasteiger partial charge on any atom is -0.504 e. The molecule has 5 rings (SSSR count). The fourth-order valence-corrected chi connectivity index (χ4v) is 3.49. The molecule has 3 aromatic heterocycles. The Kier molecular flexibility index (Phi) is 3.13. The topological polar surface area (TPSA) is 77.6 Å². The zero-order valence-electron chi connectivity index (χ0n) is 13.7. The molecule has 0 radical (unpaired) electrons. The SMILES string of the molecule is Oc1c2nc(cc3ccc(cc4nc(cc5ccc1[nH]5)CC4)[nH]3)CC2. The van der Waals surface area contributed by atoms with Gasteiger partial charge in [0, 0.05) is 33.6 Å². The maximum absolute atomic E-state index is 10.6. The van der Waals surface area contributed by atoms with E-state index in [1.165, 1.54) is 0 Å². The Morgan fingerprint density at radius 3 is 1.96 bits per heavy atom. The first-order valence-corrected chi connectivity index (χ1v) is 8.59. The van der Waals surface area contributed by atoms with Gasteiger partial charge in [-0.05, 0) is 68.1 Å². The Hall–Kier alpha value is -3.08. The first-order chi connectivity index (χ1) is 12.2. The van der Waals surface area contributed by atoms with Crippen LogP contribution in [0.25, 0.3) is 22.1 Å². The van der Waals surface area contributed by atoms with Crippen molar-refractivity contribution in [2.75, 3.05) is 0 Å². The van der Waals surface area contributed by atoms with Crippen LogP contribution in [0, 0.1) is 0 Å². The molecule has 5 nitrogen and oxygen atoms in total. The van der Waals surface area contributed by atoms with Gasteiger partial charge in [-0.15, -0.1) is 0 Å². The van der Waals surface area contributed by atoms with Crippen molar-refractivity contribution >= 4 is 22.1 Å². The summed E-state index contributed by atoms with van der Waals surface area (Å²) in [7, 11) is 0. The monoisotopic (exact) mass is 330 g/mol. The summed E-state index contributed by atoms with van der Waals surface area (Å²) in [6.07, 6.45) is 3.46. The number of hydrogen-bond acceptors (Lipinski definition) is 3. The van der Waals surface area contributed by atoms with Crippen molar-refractivity contribution in [2.24, 2.45) is 0 Å². The van der Waals surface area contributed by atoms with Crippen LogP contribution in [0.15, 0.2) is 42.5 Å². The summed E-state index contributed by atoms with van der Waals surface area (Å²) in [4.78, 5) is 16.0. The second-order valence-corrected chi connectivity index (χ2v) is 6.62. The van der Waals surface area contributed by atoms with Crippen LogP contribution in [-0.2, 0) is 25.7 Å². The van der Waals surface area contributed by atoms with Crippen molar-refractivity contribution in [1.82, 2.24) is 19.9 Å². The number of aromatic amines is 2. The van der Waals surface area contributed by atoms with Gasteiger partial charge in [0.2, 0.25) is 0 Å². The van der Waals surface area contributed by atoms with Gasteiger partial charge < -0.3 is 15.1 Å². The molecule has 2 aliphatic rings. The summed E-state index contributed by atoms with van der Waals surface area (Å²) in [6, 6.07) is 14.2. The zero-order chi connectivity index (χ0) is 16.8. The summed E-state index contributed by atoms with van der Waals surface area (Å²) >= 11 is 0. The molecule has 0 aliphatic carbocycles. The predicted molar refractivity (Wildman–Crippen MR) is 97.5 cm³/mol. The third kappa shape index (κ3) is 2.67. The summed E-state index contributed by atoms with van der Waals surface area (Å²) in [5.74, 6) is 0.233. The van der Waals surface area contributed by atoms with E-state index in [-0.39, 0.29) is 5.75 Å². The average molecular weight is 330 g/mol. The Labute approximate surface area is 144 Å². The van der Waals surface area contributed by atoms with Crippen LogP contribution in [0.1, 0.15) is 22.8 Å². The van der Waals surface area contributed by atoms with Crippen molar-refractivity contribution in [3.8, 4) is 5.75 Å². The van der Waals surface area contributed by atoms with E-state index in [1.54, 1.807) is 0 Å². The normalized spacial score (nSPS) is 13.9. The Morgan fingerprint density at radius 1 is 0.680 bits per heavy atom. The molecule has 2 aliphatic heterocycles. The first kappa shape index (κ1) is 14.3. The van der Waals surface area contributed by atoms with E-state index in [4.69, 9.17) is 4.98 Å². The Balaban J connectivity index is 1.85. The van der Waals surface area contributed by atoms with Gasteiger partial charge in [-0.3, -0.25) is 9.97 Å². The van der Waals surface area contributed by atoms with Gasteiger partial charge in [0.1, 0.15) is 0 Å². The molecule has 0 unspecified atom stereocenters. The van der Waals surface area contributed by atoms with Gasteiger partial charge in [0.05, 0.1) is 11.2 Å². The minimum absolute atomic E-state index is 0.233. The zero-order valence-corrected chi connectivity index (χ0v) is 13.7. The molecular weight excluding hydrogens is 312 g/mol. The van der Waals surface area contributed by atoms with Gasteiger partial charge >= 0.3 is 0 Å². The van der Waals surface area contributed by atoms with E-state index < -0.39 is 0 Å². The van der Waals surface area contributed by atoms with Crippen LogP contribution in [0.3, 0.4) is 0 Å². The second kappa shape index (κ2) is 5.48. The average Bonchev–Trinajstić information content (AvgIpc) is 3.36. The number of rotatable bonds is 0. The molecule has 0 atom stereocenters. The Morgan fingerprint density at radius 2 is 1.24 bits per heavy atom. The van der Waals surface area contributed by atoms with Gasteiger partial charge in [0.15, 0.2) is 5.75 Å². The smallest absolute Gasteiger partial charge is 0.160 e. The lowest BCUT2D eigenvalue weighted by Crippen LogP contribution is -1.80. The van der Waals surface area contributed by atoms with E-state index in [0.717, 1.165) is 65.0 Å². The lowest BCUT2D eigenvalue weighted by molar-refractivity contribution is 0.472. The highest BCUT2D eigenvalue weighted by Gasteiger charge is 2.12. The second-order valence-electron chi connectivity index (χ2n) is 6.62. The third-order valence-corrected chi connectivity index (χ3v) is 4.76. The predicted octanol–water partition coefficient (Wildman–Crippen LogP) is 3.59. The highest BCUT2D eigenvalue weighted by Crippen LogP contribution is 2.25. The van der Waals surface area contributed by atoms with Crippen molar-refractivity contribution in [3.63, 3.8) is 0 Å². The fraction of sp³-hybridized carbons (Fsp3) is 0.200. The molecule has 8 bridgehead atoms. The van der Waals surface area contributed by atoms with Crippen molar-refractivity contribution in [2.45, 2.75) is 25.7 Å². The van der Waals surface area contributed by atoms with E-state index in [1.807, 2.05) is 24.3 Å². The molecule has 0 saturated heterocycles. The van der Waals surface area contributed by atoms with E-state index in [0.29, 0.717) is 5.52 Å². The van der Waals surface area contributed by atoms with Crippen LogP contribution in [0.4, 0.5) is 0 Å². The summed E-state index contributed by atoms with van der Waals surface area (Å²) in [5.41, 5.74) is 7.58. The van der Waals surface area contributed by atoms with Crippen LogP contribution < -0.4 is 0 Å². The number of nitrogens with zero attached hydrogens (tertiary/aromatic N) is 2. The number of aromatic hydroxyl groups is 1. The molecule has 25 heavy (non-hydrogen) atoms. The minimum atomic E-state index is 0.233. The number of aromatic nitrogens is 4. The molecule has 3 aromatic rings. The highest BCUT2D eigenvalue weighted by atomic mass is 16.3. The van der Waals surface area contributed by atoms with Crippen molar-refractivity contribution in [1.29, 1.82) is 0 Å². The van der Waals surface area contributed by atoms with Gasteiger partial charge in [0.25, 0.3) is 0 Å². The van der Waals surface area contributed by atoms with Gasteiger partial charge in [-0.2, -0.15) is 0 Å². The summed E-state index contributed by atoms with van der Waals surface area (Å²) in [6.45, 7) is 0. The molecule has 0 saturated carbocycles. The quantitative estimate of drug-likeness (QED) is 0.589. The van der Waals surface area contributed by atoms with E-state index in [9.17, 15) is 5.11 Å². The molecule has 5 heteroatoms. The highest BCUT2D eigenvalue weighted by molar-refractivity contribution is 5.67. The summed E-state index contributed by atoms with van der Waals surface area (Å²) in [5, 5.41) is 10.6.